The Labute approximate surface area is 107 Å². The highest BCUT2D eigenvalue weighted by molar-refractivity contribution is 5.79. The van der Waals surface area contributed by atoms with E-state index in [9.17, 15) is 0 Å². The zero-order valence-corrected chi connectivity index (χ0v) is 10.4. The highest BCUT2D eigenvalue weighted by Gasteiger charge is 2.38. The van der Waals surface area contributed by atoms with Crippen molar-refractivity contribution in [2.24, 2.45) is 4.99 Å². The van der Waals surface area contributed by atoms with E-state index < -0.39 is 0 Å². The van der Waals surface area contributed by atoms with E-state index in [4.69, 9.17) is 4.99 Å². The monoisotopic (exact) mass is 233 g/mol. The summed E-state index contributed by atoms with van der Waals surface area (Å²) in [5, 5.41) is 0. The molecule has 88 valence electrons. The molecule has 0 saturated carbocycles. The van der Waals surface area contributed by atoms with E-state index in [1.807, 2.05) is 0 Å². The Bertz CT molecular complexity index is 656. The molecule has 0 amide bonds. The van der Waals surface area contributed by atoms with Crippen molar-refractivity contribution in [2.45, 2.75) is 24.8 Å². The van der Waals surface area contributed by atoms with Crippen molar-refractivity contribution in [3.63, 3.8) is 0 Å². The minimum Gasteiger partial charge on any atom is -0.285 e. The van der Waals surface area contributed by atoms with Gasteiger partial charge in [0.25, 0.3) is 0 Å². The average molecular weight is 233 g/mol. The summed E-state index contributed by atoms with van der Waals surface area (Å²) in [5.41, 5.74) is 5.61. The second-order valence-electron chi connectivity index (χ2n) is 5.49. The highest BCUT2D eigenvalue weighted by atomic mass is 14.9. The van der Waals surface area contributed by atoms with Gasteiger partial charge in [0.05, 0.1) is 5.54 Å². The molecule has 0 saturated heterocycles. The number of hydrogen-bond donors (Lipinski definition) is 0. The maximum atomic E-state index is 4.85. The van der Waals surface area contributed by atoms with E-state index in [0.29, 0.717) is 5.92 Å². The minimum atomic E-state index is -0.0836. The largest absolute Gasteiger partial charge is 0.285 e. The quantitative estimate of drug-likeness (QED) is 0.658. The van der Waals surface area contributed by atoms with Gasteiger partial charge in [0.15, 0.2) is 0 Å². The molecular weight excluding hydrogens is 218 g/mol. The van der Waals surface area contributed by atoms with Crippen molar-refractivity contribution >= 4 is 6.21 Å². The van der Waals surface area contributed by atoms with Crippen LogP contribution in [0.5, 0.6) is 0 Å². The van der Waals surface area contributed by atoms with Crippen LogP contribution in [0.1, 0.15) is 35.1 Å². The van der Waals surface area contributed by atoms with Gasteiger partial charge in [-0.05, 0) is 29.2 Å². The summed E-state index contributed by atoms with van der Waals surface area (Å²) >= 11 is 0. The topological polar surface area (TPSA) is 12.4 Å². The smallest absolute Gasteiger partial charge is 0.0868 e. The van der Waals surface area contributed by atoms with Gasteiger partial charge in [-0.1, -0.05) is 48.5 Å². The lowest BCUT2D eigenvalue weighted by Crippen LogP contribution is -2.26. The van der Waals surface area contributed by atoms with Crippen LogP contribution in [0.2, 0.25) is 0 Å². The second kappa shape index (κ2) is 3.32. The van der Waals surface area contributed by atoms with Gasteiger partial charge in [-0.3, -0.25) is 4.99 Å². The van der Waals surface area contributed by atoms with E-state index in [-0.39, 0.29) is 5.54 Å². The van der Waals surface area contributed by atoms with Gasteiger partial charge < -0.3 is 0 Å². The van der Waals surface area contributed by atoms with E-state index in [1.165, 1.54) is 22.3 Å². The summed E-state index contributed by atoms with van der Waals surface area (Å²) < 4.78 is 0. The predicted molar refractivity (Wildman–Crippen MR) is 74.3 cm³/mol. The lowest BCUT2D eigenvalue weighted by molar-refractivity contribution is 0.493. The summed E-state index contributed by atoms with van der Waals surface area (Å²) in [7, 11) is 0. The predicted octanol–water partition coefficient (Wildman–Crippen LogP) is 3.67. The standard InChI is InChI=1S/C17H15N/c1-17-10-12-6-2-3-7-13(12)15(11-18-17)14-8-4-5-9-16(14)17/h2-9,11,15H,10H2,1H3/t15-,17+/m1/s1. The van der Waals surface area contributed by atoms with Crippen LogP contribution in [0.15, 0.2) is 53.5 Å². The maximum Gasteiger partial charge on any atom is 0.0868 e. The third-order valence-corrected chi connectivity index (χ3v) is 4.31. The van der Waals surface area contributed by atoms with Crippen LogP contribution in [0.4, 0.5) is 0 Å². The summed E-state index contributed by atoms with van der Waals surface area (Å²) in [6.45, 7) is 2.25. The number of rotatable bonds is 0. The average Bonchev–Trinajstić information content (AvgIpc) is 2.61. The summed E-state index contributed by atoms with van der Waals surface area (Å²) in [6.07, 6.45) is 3.15. The van der Waals surface area contributed by atoms with Crippen LogP contribution in [0.25, 0.3) is 0 Å². The van der Waals surface area contributed by atoms with Crippen LogP contribution in [0, 0.1) is 0 Å². The Balaban J connectivity index is 2.07. The fourth-order valence-corrected chi connectivity index (χ4v) is 3.41. The van der Waals surface area contributed by atoms with Crippen LogP contribution in [-0.4, -0.2) is 6.21 Å². The van der Waals surface area contributed by atoms with Gasteiger partial charge in [-0.15, -0.1) is 0 Å². The van der Waals surface area contributed by atoms with E-state index in [1.54, 1.807) is 0 Å². The Morgan fingerprint density at radius 1 is 1.00 bits per heavy atom. The van der Waals surface area contributed by atoms with Gasteiger partial charge >= 0.3 is 0 Å². The van der Waals surface area contributed by atoms with Gasteiger partial charge in [0, 0.05) is 18.6 Å². The number of aliphatic imine (C=N–C) groups is 1. The van der Waals surface area contributed by atoms with Crippen LogP contribution in [0.3, 0.4) is 0 Å². The Morgan fingerprint density at radius 2 is 1.72 bits per heavy atom. The lowest BCUT2D eigenvalue weighted by atomic mass is 9.82. The summed E-state index contributed by atoms with van der Waals surface area (Å²) in [6, 6.07) is 17.5. The van der Waals surface area contributed by atoms with Gasteiger partial charge in [0.2, 0.25) is 0 Å². The molecule has 0 aromatic heterocycles. The SMILES string of the molecule is C[C@@]12Cc3ccccc3[C@@H](C=N1)c1ccccc12. The van der Waals surface area contributed by atoms with Crippen LogP contribution >= 0.6 is 0 Å². The number of nitrogens with zero attached hydrogens (tertiary/aromatic N) is 1. The second-order valence-corrected chi connectivity index (χ2v) is 5.49. The molecule has 2 aromatic rings. The minimum absolute atomic E-state index is 0.0836. The third-order valence-electron chi connectivity index (χ3n) is 4.31. The molecular formula is C17H15N. The first-order valence-corrected chi connectivity index (χ1v) is 6.50. The zero-order valence-electron chi connectivity index (χ0n) is 10.4. The Kier molecular flexibility index (Phi) is 1.86. The molecule has 2 atom stereocenters. The first kappa shape index (κ1) is 10.1. The highest BCUT2D eigenvalue weighted by Crippen LogP contribution is 2.45. The fraction of sp³-hybridized carbons (Fsp3) is 0.235. The first-order valence-electron chi connectivity index (χ1n) is 6.50. The lowest BCUT2D eigenvalue weighted by Gasteiger charge is -2.30. The summed E-state index contributed by atoms with van der Waals surface area (Å²) in [5.74, 6) is 0.341. The van der Waals surface area contributed by atoms with Crippen LogP contribution in [-0.2, 0) is 12.0 Å². The van der Waals surface area contributed by atoms with Crippen molar-refractivity contribution in [3.05, 3.63) is 70.8 Å². The molecule has 0 fully saturated rings. The van der Waals surface area contributed by atoms with Crippen molar-refractivity contribution in [1.29, 1.82) is 0 Å². The number of hydrogen-bond acceptors (Lipinski definition) is 1. The van der Waals surface area contributed by atoms with Crippen molar-refractivity contribution in [3.8, 4) is 0 Å². The molecule has 1 heteroatoms. The molecule has 0 radical (unpaired) electrons. The van der Waals surface area contributed by atoms with Crippen molar-refractivity contribution in [2.75, 3.05) is 0 Å². The zero-order chi connectivity index (χ0) is 12.2. The molecule has 5 rings (SSSR count). The molecule has 0 spiro atoms. The molecule has 2 heterocycles. The third kappa shape index (κ3) is 1.19. The first-order chi connectivity index (χ1) is 8.78. The molecule has 2 bridgehead atoms. The molecule has 1 nitrogen and oxygen atoms in total. The van der Waals surface area contributed by atoms with Crippen molar-refractivity contribution < 1.29 is 0 Å². The van der Waals surface area contributed by atoms with Gasteiger partial charge in [-0.2, -0.15) is 0 Å². The van der Waals surface area contributed by atoms with Gasteiger partial charge in [-0.25, -0.2) is 0 Å². The molecule has 2 aliphatic heterocycles. The molecule has 18 heavy (non-hydrogen) atoms. The molecule has 1 aliphatic carbocycles. The fourth-order valence-electron chi connectivity index (χ4n) is 3.41. The van der Waals surface area contributed by atoms with Crippen molar-refractivity contribution in [1.82, 2.24) is 0 Å². The van der Waals surface area contributed by atoms with E-state index >= 15 is 0 Å². The Morgan fingerprint density at radius 3 is 2.61 bits per heavy atom. The molecule has 0 N–H and O–H groups in total. The summed E-state index contributed by atoms with van der Waals surface area (Å²) in [4.78, 5) is 4.85. The van der Waals surface area contributed by atoms with Gasteiger partial charge in [0.1, 0.15) is 0 Å². The van der Waals surface area contributed by atoms with Crippen LogP contribution < -0.4 is 0 Å². The molecule has 0 unspecified atom stereocenters. The maximum absolute atomic E-state index is 4.85. The number of benzene rings is 2. The normalized spacial score (nSPS) is 27.5. The van der Waals surface area contributed by atoms with E-state index in [0.717, 1.165) is 6.42 Å². The molecule has 3 aliphatic rings. The molecule has 2 aromatic carbocycles. The van der Waals surface area contributed by atoms with E-state index in [2.05, 4.69) is 61.7 Å². The Hall–Kier alpha value is -1.89.